The number of allylic oxidation sites excluding steroid dienone is 1. The molecule has 1 aliphatic rings. The normalized spacial score (nSPS) is 18.5. The number of carbonyl (C=O) groups excluding carboxylic acids is 2. The fraction of sp³-hybridized carbons (Fsp3) is 0.429. The molecule has 2 amide bonds. The summed E-state index contributed by atoms with van der Waals surface area (Å²) in [5.41, 5.74) is 0.854. The van der Waals surface area contributed by atoms with Crippen molar-refractivity contribution in [3.05, 3.63) is 35.4 Å². The number of amides is 2. The molecule has 6 heteroatoms. The molecule has 0 bridgehead atoms. The van der Waals surface area contributed by atoms with Gasteiger partial charge in [-0.05, 0) is 25.5 Å². The lowest BCUT2D eigenvalue weighted by molar-refractivity contribution is -0.139. The molecule has 108 valence electrons. The third kappa shape index (κ3) is 3.01. The Morgan fingerprint density at radius 2 is 2.30 bits per heavy atom. The van der Waals surface area contributed by atoms with Crippen molar-refractivity contribution in [3.63, 3.8) is 0 Å². The van der Waals surface area contributed by atoms with Crippen LogP contribution < -0.4 is 10.6 Å². The fourth-order valence-electron chi connectivity index (χ4n) is 2.02. The second-order valence-electron chi connectivity index (χ2n) is 4.58. The second-order valence-corrected chi connectivity index (χ2v) is 4.58. The quantitative estimate of drug-likeness (QED) is 0.639. The molecule has 1 unspecified atom stereocenters. The molecule has 0 aromatic carbocycles. The number of carbonyl (C=O) groups is 2. The minimum absolute atomic E-state index is 0.366. The van der Waals surface area contributed by atoms with Gasteiger partial charge < -0.3 is 19.8 Å². The smallest absolute Gasteiger partial charge is 0.338 e. The Morgan fingerprint density at radius 3 is 2.95 bits per heavy atom. The molecule has 0 spiro atoms. The van der Waals surface area contributed by atoms with Crippen LogP contribution in [0.3, 0.4) is 0 Å². The van der Waals surface area contributed by atoms with E-state index in [1.807, 2.05) is 6.92 Å². The van der Waals surface area contributed by atoms with Crippen molar-refractivity contribution in [2.45, 2.75) is 32.7 Å². The molecule has 1 atom stereocenters. The van der Waals surface area contributed by atoms with E-state index >= 15 is 0 Å². The number of hydrogen-bond acceptors (Lipinski definition) is 4. The minimum Gasteiger partial charge on any atom is -0.467 e. The summed E-state index contributed by atoms with van der Waals surface area (Å²) in [6, 6.07) is 2.43. The van der Waals surface area contributed by atoms with Gasteiger partial charge in [-0.3, -0.25) is 0 Å². The highest BCUT2D eigenvalue weighted by Crippen LogP contribution is 2.27. The van der Waals surface area contributed by atoms with Crippen LogP contribution in [0.15, 0.2) is 34.1 Å². The minimum atomic E-state index is -0.618. The van der Waals surface area contributed by atoms with Crippen molar-refractivity contribution in [2.75, 3.05) is 6.61 Å². The van der Waals surface area contributed by atoms with Crippen LogP contribution >= 0.6 is 0 Å². The summed E-state index contributed by atoms with van der Waals surface area (Å²) < 4.78 is 10.5. The molecule has 20 heavy (non-hydrogen) atoms. The molecule has 0 saturated carbocycles. The number of urea groups is 1. The topological polar surface area (TPSA) is 80.6 Å². The summed E-state index contributed by atoms with van der Waals surface area (Å²) >= 11 is 0. The molecule has 0 aliphatic carbocycles. The van der Waals surface area contributed by atoms with Gasteiger partial charge in [0, 0.05) is 5.70 Å². The van der Waals surface area contributed by atoms with E-state index in [9.17, 15) is 9.59 Å². The van der Waals surface area contributed by atoms with Crippen molar-refractivity contribution < 1.29 is 18.7 Å². The average molecular weight is 278 g/mol. The van der Waals surface area contributed by atoms with E-state index in [1.54, 1.807) is 19.1 Å². The summed E-state index contributed by atoms with van der Waals surface area (Å²) in [6.07, 6.45) is 3.25. The zero-order chi connectivity index (χ0) is 14.5. The van der Waals surface area contributed by atoms with Crippen molar-refractivity contribution in [1.29, 1.82) is 0 Å². The average Bonchev–Trinajstić information content (AvgIpc) is 2.91. The number of hydrogen-bond donors (Lipinski definition) is 2. The largest absolute Gasteiger partial charge is 0.467 e. The lowest BCUT2D eigenvalue weighted by Crippen LogP contribution is -2.45. The maximum atomic E-state index is 12.2. The van der Waals surface area contributed by atoms with Gasteiger partial charge in [-0.2, -0.15) is 0 Å². The SMILES string of the molecule is CCCCOC(=O)C1=C(C)NC(=O)NC1c1ccco1. The van der Waals surface area contributed by atoms with Gasteiger partial charge in [0.25, 0.3) is 0 Å². The van der Waals surface area contributed by atoms with Crippen molar-refractivity contribution in [2.24, 2.45) is 0 Å². The van der Waals surface area contributed by atoms with Crippen LogP contribution in [0.4, 0.5) is 4.79 Å². The molecule has 2 rings (SSSR count). The zero-order valence-corrected chi connectivity index (χ0v) is 11.6. The molecule has 0 radical (unpaired) electrons. The predicted octanol–water partition coefficient (Wildman–Crippen LogP) is 2.25. The Bertz CT molecular complexity index is 519. The molecule has 2 heterocycles. The first-order valence-corrected chi connectivity index (χ1v) is 6.62. The molecule has 6 nitrogen and oxygen atoms in total. The number of unbranched alkanes of at least 4 members (excludes halogenated alkanes) is 1. The second kappa shape index (κ2) is 6.27. The number of nitrogens with one attached hydrogen (secondary N) is 2. The van der Waals surface area contributed by atoms with E-state index in [0.29, 0.717) is 23.6 Å². The maximum absolute atomic E-state index is 12.2. The number of rotatable bonds is 5. The molecule has 1 aromatic rings. The van der Waals surface area contributed by atoms with Gasteiger partial charge >= 0.3 is 12.0 Å². The molecule has 1 aliphatic heterocycles. The van der Waals surface area contributed by atoms with E-state index in [2.05, 4.69) is 10.6 Å². The van der Waals surface area contributed by atoms with Gasteiger partial charge in [0.1, 0.15) is 11.8 Å². The van der Waals surface area contributed by atoms with Crippen LogP contribution in [0.2, 0.25) is 0 Å². The Kier molecular flexibility index (Phi) is 4.45. The third-order valence-corrected chi connectivity index (χ3v) is 3.05. The van der Waals surface area contributed by atoms with Crippen LogP contribution in [-0.2, 0) is 9.53 Å². The maximum Gasteiger partial charge on any atom is 0.338 e. The number of ether oxygens (including phenoxy) is 1. The number of furan rings is 1. The first-order valence-electron chi connectivity index (χ1n) is 6.62. The van der Waals surface area contributed by atoms with E-state index in [4.69, 9.17) is 9.15 Å². The summed E-state index contributed by atoms with van der Waals surface area (Å²) in [4.78, 5) is 23.7. The van der Waals surface area contributed by atoms with E-state index in [1.165, 1.54) is 6.26 Å². The molecule has 1 aromatic heterocycles. The van der Waals surface area contributed by atoms with Crippen LogP contribution in [0.5, 0.6) is 0 Å². The zero-order valence-electron chi connectivity index (χ0n) is 11.6. The van der Waals surface area contributed by atoms with Crippen molar-refractivity contribution in [3.8, 4) is 0 Å². The first-order chi connectivity index (χ1) is 9.63. The van der Waals surface area contributed by atoms with Gasteiger partial charge in [-0.1, -0.05) is 13.3 Å². The van der Waals surface area contributed by atoms with Crippen LogP contribution in [0.1, 0.15) is 38.5 Å². The summed E-state index contributed by atoms with van der Waals surface area (Å²) in [5, 5.41) is 5.25. The molecule has 0 saturated heterocycles. The Balaban J connectivity index is 2.22. The van der Waals surface area contributed by atoms with E-state index < -0.39 is 12.0 Å². The van der Waals surface area contributed by atoms with Crippen LogP contribution in [0, 0.1) is 0 Å². The monoisotopic (exact) mass is 278 g/mol. The lowest BCUT2D eigenvalue weighted by atomic mass is 10.0. The Morgan fingerprint density at radius 1 is 1.50 bits per heavy atom. The van der Waals surface area contributed by atoms with Gasteiger partial charge in [0.2, 0.25) is 0 Å². The van der Waals surface area contributed by atoms with Crippen LogP contribution in [-0.4, -0.2) is 18.6 Å². The van der Waals surface area contributed by atoms with Gasteiger partial charge in [0.05, 0.1) is 18.4 Å². The standard InChI is InChI=1S/C14H18N2O4/c1-3-4-7-20-13(17)11-9(2)15-14(18)16-12(11)10-6-5-8-19-10/h5-6,8,12H,3-4,7H2,1-2H3,(H2,15,16,18). The summed E-state index contributed by atoms with van der Waals surface area (Å²) in [7, 11) is 0. The Hall–Kier alpha value is -2.24. The van der Waals surface area contributed by atoms with Crippen molar-refractivity contribution in [1.82, 2.24) is 10.6 Å². The van der Waals surface area contributed by atoms with Crippen molar-refractivity contribution >= 4 is 12.0 Å². The fourth-order valence-corrected chi connectivity index (χ4v) is 2.02. The number of esters is 1. The lowest BCUT2D eigenvalue weighted by Gasteiger charge is -2.26. The van der Waals surface area contributed by atoms with Gasteiger partial charge in [-0.25, -0.2) is 9.59 Å². The first kappa shape index (κ1) is 14.2. The van der Waals surface area contributed by atoms with E-state index in [0.717, 1.165) is 12.8 Å². The molecular weight excluding hydrogens is 260 g/mol. The molecule has 2 N–H and O–H groups in total. The van der Waals surface area contributed by atoms with Gasteiger partial charge in [-0.15, -0.1) is 0 Å². The molecular formula is C14H18N2O4. The van der Waals surface area contributed by atoms with Crippen LogP contribution in [0.25, 0.3) is 0 Å². The highest BCUT2D eigenvalue weighted by molar-refractivity contribution is 5.94. The predicted molar refractivity (Wildman–Crippen MR) is 71.7 cm³/mol. The van der Waals surface area contributed by atoms with E-state index in [-0.39, 0.29) is 6.03 Å². The highest BCUT2D eigenvalue weighted by Gasteiger charge is 2.33. The highest BCUT2D eigenvalue weighted by atomic mass is 16.5. The summed E-state index contributed by atoms with van der Waals surface area (Å²) in [6.45, 7) is 4.06. The third-order valence-electron chi connectivity index (χ3n) is 3.05. The molecule has 0 fully saturated rings. The van der Waals surface area contributed by atoms with Gasteiger partial charge in [0.15, 0.2) is 0 Å². The Labute approximate surface area is 117 Å². The summed E-state index contributed by atoms with van der Waals surface area (Å²) in [5.74, 6) is 0.0616.